The molecule has 0 aromatic carbocycles. The van der Waals surface area contributed by atoms with Gasteiger partial charge in [-0.15, -0.1) is 0 Å². The smallest absolute Gasteiger partial charge is 0.320 e. The molecule has 0 saturated carbocycles. The van der Waals surface area contributed by atoms with Gasteiger partial charge in [-0.1, -0.05) is 19.9 Å². The fraction of sp³-hybridized carbons (Fsp3) is 0.333. The molecule has 0 bridgehead atoms. The second-order valence-corrected chi connectivity index (χ2v) is 5.32. The van der Waals surface area contributed by atoms with Gasteiger partial charge in [-0.2, -0.15) is 5.26 Å². The molecule has 2 aromatic rings. The molecule has 0 aliphatic heterocycles. The maximum absolute atomic E-state index is 12.2. The number of carbonyl (C=O) groups is 1. The van der Waals surface area contributed by atoms with Gasteiger partial charge in [0, 0.05) is 6.20 Å². The summed E-state index contributed by atoms with van der Waals surface area (Å²) in [6.07, 6.45) is 3.42. The molecule has 0 saturated heterocycles. The van der Waals surface area contributed by atoms with Crippen LogP contribution in [0.4, 0.5) is 10.5 Å². The summed E-state index contributed by atoms with van der Waals surface area (Å²) in [6.45, 7) is 3.92. The van der Waals surface area contributed by atoms with E-state index < -0.39 is 12.1 Å². The van der Waals surface area contributed by atoms with Crippen molar-refractivity contribution in [3.05, 3.63) is 40.9 Å². The molecule has 2 amide bonds. The second-order valence-electron chi connectivity index (χ2n) is 5.32. The summed E-state index contributed by atoms with van der Waals surface area (Å²) in [5.74, 6) is 0.276. The molecule has 7 heteroatoms. The molecule has 2 rings (SSSR count). The Bertz CT molecular complexity index is 775. The number of hydrogen-bond acceptors (Lipinski definition) is 4. The molecule has 1 atom stereocenters. The van der Waals surface area contributed by atoms with Crippen molar-refractivity contribution in [1.82, 2.24) is 14.7 Å². The van der Waals surface area contributed by atoms with Crippen LogP contribution in [0, 0.1) is 17.2 Å². The first kappa shape index (κ1) is 15.5. The van der Waals surface area contributed by atoms with Crippen molar-refractivity contribution >= 4 is 17.4 Å². The molecule has 114 valence electrons. The summed E-state index contributed by atoms with van der Waals surface area (Å²) >= 11 is 0. The van der Waals surface area contributed by atoms with E-state index in [1.54, 1.807) is 24.4 Å². The van der Waals surface area contributed by atoms with Crippen molar-refractivity contribution in [2.24, 2.45) is 5.92 Å². The molecule has 7 nitrogen and oxygen atoms in total. The van der Waals surface area contributed by atoms with Crippen LogP contribution in [-0.4, -0.2) is 21.5 Å². The Balaban J connectivity index is 2.14. The summed E-state index contributed by atoms with van der Waals surface area (Å²) in [5.41, 5.74) is 0.175. The molecule has 0 fully saturated rings. The number of nitrogens with one attached hydrogen (secondary N) is 2. The van der Waals surface area contributed by atoms with Crippen molar-refractivity contribution in [2.75, 3.05) is 5.32 Å². The highest BCUT2D eigenvalue weighted by Gasteiger charge is 2.14. The highest BCUT2D eigenvalue weighted by Crippen LogP contribution is 2.05. The Hall–Kier alpha value is -2.88. The minimum atomic E-state index is -0.601. The predicted molar refractivity (Wildman–Crippen MR) is 82.5 cm³/mol. The topological polar surface area (TPSA) is 99.3 Å². The average Bonchev–Trinajstić information content (AvgIpc) is 2.49. The first-order valence-electron chi connectivity index (χ1n) is 6.94. The summed E-state index contributed by atoms with van der Waals surface area (Å²) in [5, 5.41) is 14.0. The first-order valence-corrected chi connectivity index (χ1v) is 6.94. The van der Waals surface area contributed by atoms with E-state index >= 15 is 0 Å². The Kier molecular flexibility index (Phi) is 4.73. The van der Waals surface area contributed by atoms with Crippen molar-refractivity contribution in [3.63, 3.8) is 0 Å². The summed E-state index contributed by atoms with van der Waals surface area (Å²) in [7, 11) is 0. The lowest BCUT2D eigenvalue weighted by atomic mass is 10.1. The van der Waals surface area contributed by atoms with Gasteiger partial charge in [0.2, 0.25) is 0 Å². The zero-order valence-electron chi connectivity index (χ0n) is 12.4. The van der Waals surface area contributed by atoms with E-state index in [0.29, 0.717) is 12.1 Å². The summed E-state index contributed by atoms with van der Waals surface area (Å²) < 4.78 is 1.34. The zero-order chi connectivity index (χ0) is 16.1. The van der Waals surface area contributed by atoms with Gasteiger partial charge >= 0.3 is 6.03 Å². The first-order chi connectivity index (χ1) is 10.5. The molecule has 0 aliphatic rings. The Morgan fingerprint density at radius 1 is 1.45 bits per heavy atom. The van der Waals surface area contributed by atoms with E-state index in [-0.39, 0.29) is 17.2 Å². The molecule has 0 spiro atoms. The molecule has 0 unspecified atom stereocenters. The SMILES string of the molecule is CC(C)C[C@@H](C#N)NC(=O)Nc1cnc2ccccn2c1=O. The Labute approximate surface area is 127 Å². The van der Waals surface area contributed by atoms with Gasteiger partial charge in [0.15, 0.2) is 0 Å². The number of hydrogen-bond donors (Lipinski definition) is 2. The number of pyridine rings is 1. The van der Waals surface area contributed by atoms with Gasteiger partial charge < -0.3 is 10.6 Å². The van der Waals surface area contributed by atoms with Crippen molar-refractivity contribution in [1.29, 1.82) is 5.26 Å². The minimum Gasteiger partial charge on any atom is -0.322 e. The lowest BCUT2D eigenvalue weighted by molar-refractivity contribution is 0.249. The lowest BCUT2D eigenvalue weighted by Crippen LogP contribution is -2.39. The van der Waals surface area contributed by atoms with Gasteiger partial charge in [0.05, 0.1) is 12.3 Å². The third kappa shape index (κ3) is 3.61. The Morgan fingerprint density at radius 2 is 2.23 bits per heavy atom. The summed E-state index contributed by atoms with van der Waals surface area (Å²) in [4.78, 5) is 28.2. The standard InChI is InChI=1S/C15H17N5O2/c1-10(2)7-11(8-16)18-15(22)19-12-9-17-13-5-3-4-6-20(13)14(12)21/h3-6,9-11H,7H2,1-2H3,(H2,18,19,22)/t11-/m0/s1. The van der Waals surface area contributed by atoms with Crippen LogP contribution in [0.5, 0.6) is 0 Å². The molecule has 2 aromatic heterocycles. The number of urea groups is 1. The number of rotatable bonds is 4. The molecule has 0 aliphatic carbocycles. The van der Waals surface area contributed by atoms with E-state index in [1.165, 1.54) is 10.6 Å². The van der Waals surface area contributed by atoms with Gasteiger partial charge in [-0.3, -0.25) is 9.20 Å². The monoisotopic (exact) mass is 299 g/mol. The number of aromatic nitrogens is 2. The lowest BCUT2D eigenvalue weighted by Gasteiger charge is -2.14. The van der Waals surface area contributed by atoms with Gasteiger partial charge in [0.25, 0.3) is 5.56 Å². The third-order valence-corrected chi connectivity index (χ3v) is 3.03. The van der Waals surface area contributed by atoms with Gasteiger partial charge in [-0.05, 0) is 24.5 Å². The van der Waals surface area contributed by atoms with Crippen molar-refractivity contribution < 1.29 is 4.79 Å². The van der Waals surface area contributed by atoms with Crippen LogP contribution in [-0.2, 0) is 0 Å². The van der Waals surface area contributed by atoms with Gasteiger partial charge in [-0.25, -0.2) is 9.78 Å². The number of nitriles is 1. The van der Waals surface area contributed by atoms with Crippen LogP contribution >= 0.6 is 0 Å². The zero-order valence-corrected chi connectivity index (χ0v) is 12.4. The van der Waals surface area contributed by atoms with Crippen LogP contribution in [0.2, 0.25) is 0 Å². The van der Waals surface area contributed by atoms with Gasteiger partial charge in [0.1, 0.15) is 17.4 Å². The fourth-order valence-electron chi connectivity index (χ4n) is 2.04. The number of amides is 2. The second kappa shape index (κ2) is 6.72. The average molecular weight is 299 g/mol. The van der Waals surface area contributed by atoms with Crippen molar-refractivity contribution in [3.8, 4) is 6.07 Å². The number of anilines is 1. The van der Waals surface area contributed by atoms with Crippen LogP contribution in [0.15, 0.2) is 35.4 Å². The van der Waals surface area contributed by atoms with E-state index in [2.05, 4.69) is 15.6 Å². The quantitative estimate of drug-likeness (QED) is 0.898. The fourth-order valence-corrected chi connectivity index (χ4v) is 2.04. The number of fused-ring (bicyclic) bond motifs is 1. The third-order valence-electron chi connectivity index (χ3n) is 3.03. The van der Waals surface area contributed by atoms with Crippen LogP contribution in [0.1, 0.15) is 20.3 Å². The van der Waals surface area contributed by atoms with Crippen molar-refractivity contribution in [2.45, 2.75) is 26.3 Å². The Morgan fingerprint density at radius 3 is 2.91 bits per heavy atom. The molecule has 22 heavy (non-hydrogen) atoms. The van der Waals surface area contributed by atoms with E-state index in [0.717, 1.165) is 0 Å². The maximum Gasteiger partial charge on any atom is 0.320 e. The number of carbonyl (C=O) groups excluding carboxylic acids is 1. The van der Waals surface area contributed by atoms with Crippen LogP contribution in [0.25, 0.3) is 5.65 Å². The molecule has 2 heterocycles. The maximum atomic E-state index is 12.2. The predicted octanol–water partition coefficient (Wildman–Crippen LogP) is 1.75. The molecule has 0 radical (unpaired) electrons. The van der Waals surface area contributed by atoms with E-state index in [1.807, 2.05) is 19.9 Å². The number of nitrogens with zero attached hydrogens (tertiary/aromatic N) is 3. The highest BCUT2D eigenvalue weighted by molar-refractivity contribution is 5.89. The summed E-state index contributed by atoms with van der Waals surface area (Å²) in [6, 6.07) is 5.99. The molecular weight excluding hydrogens is 282 g/mol. The van der Waals surface area contributed by atoms with Crippen LogP contribution in [0.3, 0.4) is 0 Å². The largest absolute Gasteiger partial charge is 0.322 e. The highest BCUT2D eigenvalue weighted by atomic mass is 16.2. The van der Waals surface area contributed by atoms with E-state index in [9.17, 15) is 9.59 Å². The minimum absolute atomic E-state index is 0.0578. The molecule has 2 N–H and O–H groups in total. The van der Waals surface area contributed by atoms with E-state index in [4.69, 9.17) is 5.26 Å². The molecular formula is C15H17N5O2. The normalized spacial score (nSPS) is 11.9. The van der Waals surface area contributed by atoms with Crippen LogP contribution < -0.4 is 16.2 Å².